The average Bonchev–Trinajstić information content (AvgIpc) is 3.43. The maximum absolute atomic E-state index is 13.3. The van der Waals surface area contributed by atoms with E-state index in [2.05, 4.69) is 28.5 Å². The minimum absolute atomic E-state index is 0.188. The van der Waals surface area contributed by atoms with Gasteiger partial charge >= 0.3 is 0 Å². The minimum atomic E-state index is 0.188. The number of fused-ring (bicyclic) bond motifs is 3. The van der Waals surface area contributed by atoms with Crippen molar-refractivity contribution in [3.63, 3.8) is 0 Å². The lowest BCUT2D eigenvalue weighted by Crippen LogP contribution is -2.37. The van der Waals surface area contributed by atoms with Crippen LogP contribution in [0.2, 0.25) is 0 Å². The standard InChI is InChI=1S/C26H37N3O3/c1-19-5-10-28(11-6-19)26(30)21-3-4-24-22(15-21)23-17-27(16-20-8-13-32-18-20)9-7-25(23)29(24)12-14-31-2/h3-4,15,19-20H,5-14,16-18H2,1-2H3. The molecule has 3 aliphatic heterocycles. The Morgan fingerprint density at radius 1 is 1.19 bits per heavy atom. The molecule has 32 heavy (non-hydrogen) atoms. The molecule has 5 rings (SSSR count). The Bertz CT molecular complexity index is 955. The molecule has 2 aromatic rings. The molecule has 6 nitrogen and oxygen atoms in total. The number of ether oxygens (including phenoxy) is 2. The van der Waals surface area contributed by atoms with Crippen LogP contribution in [0.5, 0.6) is 0 Å². The van der Waals surface area contributed by atoms with Gasteiger partial charge in [-0.3, -0.25) is 9.69 Å². The molecule has 1 atom stereocenters. The van der Waals surface area contributed by atoms with Crippen molar-refractivity contribution in [3.05, 3.63) is 35.0 Å². The predicted octanol–water partition coefficient (Wildman–Crippen LogP) is 3.55. The number of likely N-dealkylation sites (tertiary alicyclic amines) is 1. The zero-order valence-electron chi connectivity index (χ0n) is 19.6. The van der Waals surface area contributed by atoms with Crippen molar-refractivity contribution in [2.24, 2.45) is 11.8 Å². The Kier molecular flexibility index (Phi) is 6.54. The number of methoxy groups -OCH3 is 1. The molecule has 2 saturated heterocycles. The highest BCUT2D eigenvalue weighted by Crippen LogP contribution is 2.33. The second-order valence-electron chi connectivity index (χ2n) is 9.99. The zero-order chi connectivity index (χ0) is 22.1. The summed E-state index contributed by atoms with van der Waals surface area (Å²) < 4.78 is 13.4. The third kappa shape index (κ3) is 4.33. The highest BCUT2D eigenvalue weighted by molar-refractivity contribution is 5.99. The van der Waals surface area contributed by atoms with Crippen LogP contribution in [0, 0.1) is 11.8 Å². The predicted molar refractivity (Wildman–Crippen MR) is 126 cm³/mol. The molecule has 1 amide bonds. The molecule has 0 bridgehead atoms. The van der Waals surface area contributed by atoms with Gasteiger partial charge in [-0.1, -0.05) is 6.92 Å². The Hall–Kier alpha value is -1.89. The molecule has 0 spiro atoms. The van der Waals surface area contributed by atoms with E-state index in [4.69, 9.17) is 9.47 Å². The zero-order valence-corrected chi connectivity index (χ0v) is 19.6. The summed E-state index contributed by atoms with van der Waals surface area (Å²) in [5.74, 6) is 1.56. The van der Waals surface area contributed by atoms with Gasteiger partial charge in [-0.25, -0.2) is 0 Å². The van der Waals surface area contributed by atoms with E-state index in [-0.39, 0.29) is 5.91 Å². The highest BCUT2D eigenvalue weighted by Gasteiger charge is 2.28. The normalized spacial score (nSPS) is 22.6. The highest BCUT2D eigenvalue weighted by atomic mass is 16.5. The fourth-order valence-corrected chi connectivity index (χ4v) is 5.72. The second-order valence-corrected chi connectivity index (χ2v) is 9.99. The number of carbonyl (C=O) groups is 1. The molecule has 1 aromatic carbocycles. The van der Waals surface area contributed by atoms with Gasteiger partial charge in [0.05, 0.1) is 13.2 Å². The first-order chi connectivity index (χ1) is 15.6. The van der Waals surface area contributed by atoms with Crippen LogP contribution in [-0.4, -0.2) is 73.4 Å². The largest absolute Gasteiger partial charge is 0.383 e. The van der Waals surface area contributed by atoms with Crippen molar-refractivity contribution in [1.29, 1.82) is 0 Å². The van der Waals surface area contributed by atoms with Crippen LogP contribution in [-0.2, 0) is 29.0 Å². The summed E-state index contributed by atoms with van der Waals surface area (Å²) >= 11 is 0. The molecule has 1 aromatic heterocycles. The number of amides is 1. The first kappa shape index (κ1) is 21.9. The summed E-state index contributed by atoms with van der Waals surface area (Å²) in [6.07, 6.45) is 4.44. The number of hydrogen-bond donors (Lipinski definition) is 0. The van der Waals surface area contributed by atoms with Crippen LogP contribution < -0.4 is 0 Å². The van der Waals surface area contributed by atoms with E-state index in [1.165, 1.54) is 28.6 Å². The fraction of sp³-hybridized carbons (Fsp3) is 0.654. The SMILES string of the molecule is COCCn1c2c(c3cc(C(=O)N4CCC(C)CC4)ccc31)CN(CC1CCOC1)CC2. The Morgan fingerprint density at radius 3 is 2.78 bits per heavy atom. The van der Waals surface area contributed by atoms with Crippen molar-refractivity contribution >= 4 is 16.8 Å². The Morgan fingerprint density at radius 2 is 2.03 bits per heavy atom. The van der Waals surface area contributed by atoms with Gasteiger partial charge in [0.25, 0.3) is 5.91 Å². The van der Waals surface area contributed by atoms with Crippen molar-refractivity contribution < 1.29 is 14.3 Å². The number of hydrogen-bond acceptors (Lipinski definition) is 4. The Balaban J connectivity index is 1.45. The van der Waals surface area contributed by atoms with Gasteiger partial charge in [0.1, 0.15) is 0 Å². The summed E-state index contributed by atoms with van der Waals surface area (Å²) in [5.41, 5.74) is 4.90. The summed E-state index contributed by atoms with van der Waals surface area (Å²) in [6, 6.07) is 6.36. The van der Waals surface area contributed by atoms with Crippen molar-refractivity contribution in [2.45, 2.75) is 45.7 Å². The van der Waals surface area contributed by atoms with Crippen LogP contribution in [0.4, 0.5) is 0 Å². The number of aromatic nitrogens is 1. The van der Waals surface area contributed by atoms with Gasteiger partial charge in [-0.15, -0.1) is 0 Å². The fourth-order valence-electron chi connectivity index (χ4n) is 5.72. The molecule has 4 heterocycles. The van der Waals surface area contributed by atoms with E-state index in [1.54, 1.807) is 7.11 Å². The van der Waals surface area contributed by atoms with E-state index in [0.29, 0.717) is 12.5 Å². The summed E-state index contributed by atoms with van der Waals surface area (Å²) in [6.45, 7) is 10.5. The van der Waals surface area contributed by atoms with Crippen LogP contribution in [0.15, 0.2) is 18.2 Å². The van der Waals surface area contributed by atoms with Crippen LogP contribution >= 0.6 is 0 Å². The van der Waals surface area contributed by atoms with Gasteiger partial charge in [0, 0.05) is 81.6 Å². The maximum atomic E-state index is 13.3. The molecule has 1 unspecified atom stereocenters. The van der Waals surface area contributed by atoms with E-state index in [1.807, 2.05) is 11.0 Å². The number of nitrogens with zero attached hydrogens (tertiary/aromatic N) is 3. The first-order valence-corrected chi connectivity index (χ1v) is 12.4. The lowest BCUT2D eigenvalue weighted by atomic mass is 9.98. The van der Waals surface area contributed by atoms with Gasteiger partial charge in [0.2, 0.25) is 0 Å². The average molecular weight is 440 g/mol. The van der Waals surface area contributed by atoms with Crippen LogP contribution in [0.1, 0.15) is 47.8 Å². The molecule has 0 N–H and O–H groups in total. The first-order valence-electron chi connectivity index (χ1n) is 12.4. The summed E-state index contributed by atoms with van der Waals surface area (Å²) in [4.78, 5) is 17.9. The van der Waals surface area contributed by atoms with E-state index in [0.717, 1.165) is 83.2 Å². The minimum Gasteiger partial charge on any atom is -0.383 e. The van der Waals surface area contributed by atoms with Gasteiger partial charge in [-0.05, 0) is 54.9 Å². The third-order valence-electron chi connectivity index (χ3n) is 7.71. The van der Waals surface area contributed by atoms with E-state index < -0.39 is 0 Å². The van der Waals surface area contributed by atoms with Gasteiger partial charge in [0.15, 0.2) is 0 Å². The van der Waals surface area contributed by atoms with Crippen LogP contribution in [0.3, 0.4) is 0 Å². The lowest BCUT2D eigenvalue weighted by molar-refractivity contribution is 0.0697. The van der Waals surface area contributed by atoms with Gasteiger partial charge in [-0.2, -0.15) is 0 Å². The van der Waals surface area contributed by atoms with Crippen molar-refractivity contribution in [2.75, 3.05) is 53.1 Å². The third-order valence-corrected chi connectivity index (χ3v) is 7.71. The molecule has 2 fully saturated rings. The number of piperidine rings is 1. The molecular weight excluding hydrogens is 402 g/mol. The number of rotatable bonds is 6. The topological polar surface area (TPSA) is 46.9 Å². The second kappa shape index (κ2) is 9.54. The van der Waals surface area contributed by atoms with Crippen molar-refractivity contribution in [3.8, 4) is 0 Å². The molecule has 6 heteroatoms. The van der Waals surface area contributed by atoms with Crippen molar-refractivity contribution in [1.82, 2.24) is 14.4 Å². The molecule has 0 aliphatic carbocycles. The summed E-state index contributed by atoms with van der Waals surface area (Å²) in [5, 5.41) is 1.25. The van der Waals surface area contributed by atoms with E-state index in [9.17, 15) is 4.79 Å². The molecule has 3 aliphatic rings. The quantitative estimate of drug-likeness (QED) is 0.691. The monoisotopic (exact) mass is 439 g/mol. The molecule has 0 radical (unpaired) electrons. The number of benzene rings is 1. The van der Waals surface area contributed by atoms with Crippen LogP contribution in [0.25, 0.3) is 10.9 Å². The molecule has 0 saturated carbocycles. The molecular formula is C26H37N3O3. The Labute approximate surface area is 191 Å². The number of carbonyl (C=O) groups excluding carboxylic acids is 1. The maximum Gasteiger partial charge on any atom is 0.253 e. The van der Waals surface area contributed by atoms with Gasteiger partial charge < -0.3 is 18.9 Å². The lowest BCUT2D eigenvalue weighted by Gasteiger charge is -2.30. The smallest absolute Gasteiger partial charge is 0.253 e. The van der Waals surface area contributed by atoms with E-state index >= 15 is 0 Å². The summed E-state index contributed by atoms with van der Waals surface area (Å²) in [7, 11) is 1.76. The molecule has 174 valence electrons.